The first-order valence-corrected chi connectivity index (χ1v) is 13.9. The first kappa shape index (κ1) is 27.9. The van der Waals surface area contributed by atoms with E-state index in [0.717, 1.165) is 63.1 Å². The summed E-state index contributed by atoms with van der Waals surface area (Å²) in [4.78, 5) is 2.46. The van der Waals surface area contributed by atoms with Gasteiger partial charge in [-0.05, 0) is 116 Å². The van der Waals surface area contributed by atoms with E-state index in [9.17, 15) is 0 Å². The van der Waals surface area contributed by atoms with Crippen molar-refractivity contribution >= 4 is 11.3 Å². The Bertz CT molecular complexity index is 1040. The summed E-state index contributed by atoms with van der Waals surface area (Å²) in [5, 5.41) is 8.21. The smallest absolute Gasteiger partial charge is 0.0379 e. The maximum atomic E-state index is 8.21. The van der Waals surface area contributed by atoms with Crippen LogP contribution in [0.15, 0.2) is 72.0 Å². The molecule has 0 amide bonds. The molecule has 0 radical (unpaired) electrons. The second-order valence-electron chi connectivity index (χ2n) is 10.8. The molecule has 0 atom stereocenters. The Kier molecular flexibility index (Phi) is 10.6. The fourth-order valence-electron chi connectivity index (χ4n) is 5.69. The predicted octanol–water partition coefficient (Wildman–Crippen LogP) is 8.10. The first-order chi connectivity index (χ1) is 17.3. The molecule has 1 aliphatic carbocycles. The van der Waals surface area contributed by atoms with Crippen molar-refractivity contribution in [2.24, 2.45) is 11.7 Å². The molecule has 3 heteroatoms. The van der Waals surface area contributed by atoms with Crippen molar-refractivity contribution < 1.29 is 0 Å². The van der Waals surface area contributed by atoms with Gasteiger partial charge < -0.3 is 11.1 Å². The third-order valence-corrected chi connectivity index (χ3v) is 7.58. The number of benzene rings is 1. The summed E-state index contributed by atoms with van der Waals surface area (Å²) in [5.74, 6) is 1.02. The Morgan fingerprint density at radius 3 is 2.64 bits per heavy atom. The first-order valence-electron chi connectivity index (χ1n) is 13.9. The van der Waals surface area contributed by atoms with Gasteiger partial charge in [0.25, 0.3) is 0 Å². The van der Waals surface area contributed by atoms with E-state index in [1.54, 1.807) is 6.08 Å². The van der Waals surface area contributed by atoms with E-state index in [2.05, 4.69) is 69.5 Å². The molecular formula is C33H47N3. The number of likely N-dealkylation sites (tertiary alicyclic amines) is 1. The molecule has 0 aromatic heterocycles. The molecule has 3 N–H and O–H groups in total. The highest BCUT2D eigenvalue weighted by atomic mass is 15.1. The normalized spacial score (nSPS) is 21.4. The third-order valence-electron chi connectivity index (χ3n) is 7.58. The van der Waals surface area contributed by atoms with Crippen LogP contribution in [-0.4, -0.2) is 30.2 Å². The molecule has 0 bridgehead atoms. The van der Waals surface area contributed by atoms with Crippen LogP contribution in [-0.2, 0) is 0 Å². The predicted molar refractivity (Wildman–Crippen MR) is 158 cm³/mol. The lowest BCUT2D eigenvalue weighted by atomic mass is 9.80. The Balaban J connectivity index is 1.94. The minimum atomic E-state index is 0.432. The van der Waals surface area contributed by atoms with Crippen molar-refractivity contribution in [2.75, 3.05) is 19.6 Å². The highest BCUT2D eigenvalue weighted by Crippen LogP contribution is 2.38. The van der Waals surface area contributed by atoms with Crippen LogP contribution in [0.3, 0.4) is 0 Å². The van der Waals surface area contributed by atoms with Gasteiger partial charge in [-0.1, -0.05) is 70.2 Å². The standard InChI is InChI=1S/C33H47N3/c1-6-10-30(35)23-36-20-18-26(19-21-36)28-15-14-25(5)32(22-28)33(24(3)4)31(11-7-2)27-12-8-9-13-29(34)17-16-27/h6,10,12,14-17,22,24,26,34H,1,7-9,11,13,18-21,23,35H2,2-5H3/b17-16-,27-12+,30-10-,33-31+,34-29?. The largest absolute Gasteiger partial charge is 0.401 e. The maximum absolute atomic E-state index is 8.21. The van der Waals surface area contributed by atoms with E-state index >= 15 is 0 Å². The van der Waals surface area contributed by atoms with Crippen LogP contribution in [0.25, 0.3) is 5.57 Å². The topological polar surface area (TPSA) is 53.1 Å². The zero-order valence-electron chi connectivity index (χ0n) is 23.1. The summed E-state index contributed by atoms with van der Waals surface area (Å²) in [7, 11) is 0. The van der Waals surface area contributed by atoms with Gasteiger partial charge in [0.1, 0.15) is 0 Å². The van der Waals surface area contributed by atoms with E-state index in [0.29, 0.717) is 11.8 Å². The van der Waals surface area contributed by atoms with E-state index in [4.69, 9.17) is 11.1 Å². The zero-order chi connectivity index (χ0) is 26.1. The van der Waals surface area contributed by atoms with Gasteiger partial charge in [0, 0.05) is 18.0 Å². The van der Waals surface area contributed by atoms with E-state index in [1.807, 2.05) is 12.2 Å². The van der Waals surface area contributed by atoms with Crippen molar-refractivity contribution in [2.45, 2.75) is 78.6 Å². The molecule has 1 aromatic rings. The fraction of sp³-hybridized carbons (Fsp3) is 0.485. The number of nitrogens with two attached hydrogens (primary N) is 1. The zero-order valence-corrected chi connectivity index (χ0v) is 23.1. The van der Waals surface area contributed by atoms with Gasteiger partial charge in [0.05, 0.1) is 0 Å². The molecule has 3 nitrogen and oxygen atoms in total. The minimum Gasteiger partial charge on any atom is -0.401 e. The molecule has 1 heterocycles. The quantitative estimate of drug-likeness (QED) is 0.347. The summed E-state index contributed by atoms with van der Waals surface area (Å²) in [6, 6.07) is 7.20. The number of hydrogen-bond acceptors (Lipinski definition) is 3. The second-order valence-corrected chi connectivity index (χ2v) is 10.8. The van der Waals surface area contributed by atoms with Crippen LogP contribution in [0, 0.1) is 18.3 Å². The average molecular weight is 486 g/mol. The average Bonchev–Trinajstić information content (AvgIpc) is 2.83. The van der Waals surface area contributed by atoms with Crippen molar-refractivity contribution in [1.29, 1.82) is 5.41 Å². The molecule has 1 aromatic carbocycles. The number of rotatable bonds is 9. The van der Waals surface area contributed by atoms with E-state index < -0.39 is 0 Å². The van der Waals surface area contributed by atoms with Gasteiger partial charge in [-0.3, -0.25) is 4.90 Å². The van der Waals surface area contributed by atoms with Crippen molar-refractivity contribution in [3.05, 3.63) is 88.7 Å². The Morgan fingerprint density at radius 1 is 1.22 bits per heavy atom. The number of piperidine rings is 1. The van der Waals surface area contributed by atoms with Crippen molar-refractivity contribution in [1.82, 2.24) is 4.90 Å². The number of aryl methyl sites for hydroxylation is 1. The summed E-state index contributed by atoms with van der Waals surface area (Å²) in [6.45, 7) is 16.0. The molecule has 1 aliphatic heterocycles. The van der Waals surface area contributed by atoms with Gasteiger partial charge in [-0.2, -0.15) is 0 Å². The maximum Gasteiger partial charge on any atom is 0.0379 e. The molecule has 1 saturated heterocycles. The lowest BCUT2D eigenvalue weighted by molar-refractivity contribution is 0.227. The lowest BCUT2D eigenvalue weighted by Gasteiger charge is -2.32. The van der Waals surface area contributed by atoms with Gasteiger partial charge in [0.15, 0.2) is 0 Å². The Morgan fingerprint density at radius 2 is 1.97 bits per heavy atom. The van der Waals surface area contributed by atoms with Gasteiger partial charge in [0.2, 0.25) is 0 Å². The number of allylic oxidation sites excluding steroid dienone is 8. The number of hydrogen-bond donors (Lipinski definition) is 2. The van der Waals surface area contributed by atoms with Crippen molar-refractivity contribution in [3.63, 3.8) is 0 Å². The molecule has 36 heavy (non-hydrogen) atoms. The number of nitrogens with zero attached hydrogens (tertiary/aromatic N) is 1. The summed E-state index contributed by atoms with van der Waals surface area (Å²) in [5.41, 5.74) is 16.3. The van der Waals surface area contributed by atoms with Crippen LogP contribution in [0.1, 0.15) is 88.3 Å². The molecule has 3 rings (SSSR count). The highest BCUT2D eigenvalue weighted by molar-refractivity contribution is 5.93. The van der Waals surface area contributed by atoms with Crippen LogP contribution in [0.5, 0.6) is 0 Å². The Hall–Kier alpha value is -2.65. The van der Waals surface area contributed by atoms with Gasteiger partial charge in [-0.25, -0.2) is 0 Å². The van der Waals surface area contributed by atoms with Crippen molar-refractivity contribution in [3.8, 4) is 0 Å². The summed E-state index contributed by atoms with van der Waals surface area (Å²) >= 11 is 0. The summed E-state index contributed by atoms with van der Waals surface area (Å²) in [6.07, 6.45) is 17.8. The minimum absolute atomic E-state index is 0.432. The lowest BCUT2D eigenvalue weighted by Crippen LogP contribution is -2.35. The van der Waals surface area contributed by atoms with Crippen LogP contribution in [0.2, 0.25) is 0 Å². The SMILES string of the molecule is C=C/C=C(\N)CN1CCC(c2ccc(C)c(/C(=C(CCC)/C3=C/CCCC(=N)/C=C\3)C(C)C)c2)CC1. The molecular weight excluding hydrogens is 438 g/mol. The van der Waals surface area contributed by atoms with Crippen LogP contribution < -0.4 is 5.73 Å². The van der Waals surface area contributed by atoms with Gasteiger partial charge >= 0.3 is 0 Å². The molecule has 0 unspecified atom stereocenters. The molecule has 0 spiro atoms. The van der Waals surface area contributed by atoms with Gasteiger partial charge in [-0.15, -0.1) is 0 Å². The number of nitrogens with one attached hydrogen (secondary N) is 1. The third kappa shape index (κ3) is 7.43. The second kappa shape index (κ2) is 13.6. The van der Waals surface area contributed by atoms with E-state index in [-0.39, 0.29) is 0 Å². The molecule has 2 aliphatic rings. The van der Waals surface area contributed by atoms with E-state index in [1.165, 1.54) is 46.3 Å². The van der Waals surface area contributed by atoms with Crippen LogP contribution in [0.4, 0.5) is 0 Å². The fourth-order valence-corrected chi connectivity index (χ4v) is 5.69. The molecule has 0 saturated carbocycles. The van der Waals surface area contributed by atoms with Crippen LogP contribution >= 0.6 is 0 Å². The highest BCUT2D eigenvalue weighted by Gasteiger charge is 2.23. The monoisotopic (exact) mass is 485 g/mol. The molecule has 1 fully saturated rings. The Labute approximate surface area is 220 Å². The summed E-state index contributed by atoms with van der Waals surface area (Å²) < 4.78 is 0. The molecule has 194 valence electrons.